The van der Waals surface area contributed by atoms with Gasteiger partial charge in [0.15, 0.2) is 0 Å². The molecule has 0 aromatic carbocycles. The zero-order valence-electron chi connectivity index (χ0n) is 10.6. The van der Waals surface area contributed by atoms with Crippen LogP contribution in [0.25, 0.3) is 0 Å². The van der Waals surface area contributed by atoms with Gasteiger partial charge in [-0.2, -0.15) is 5.10 Å². The maximum Gasteiger partial charge on any atom is 0.312 e. The molecule has 0 N–H and O–H groups in total. The van der Waals surface area contributed by atoms with Crippen LogP contribution in [-0.2, 0) is 6.54 Å². The largest absolute Gasteiger partial charge is 0.312 e. The number of rotatable bonds is 5. The molecular formula is C11H18BrN3O2. The normalized spacial score (nSPS) is 13.1. The number of nitro groups is 1. The van der Waals surface area contributed by atoms with Crippen LogP contribution in [0.1, 0.15) is 25.2 Å². The third-order valence-electron chi connectivity index (χ3n) is 3.07. The van der Waals surface area contributed by atoms with E-state index in [0.29, 0.717) is 29.8 Å². The van der Waals surface area contributed by atoms with E-state index in [1.165, 1.54) is 0 Å². The Bertz CT molecular complexity index is 415. The molecule has 1 heterocycles. The van der Waals surface area contributed by atoms with Crippen LogP contribution in [-0.4, -0.2) is 20.0 Å². The number of aromatic nitrogens is 2. The highest BCUT2D eigenvalue weighted by atomic mass is 79.9. The summed E-state index contributed by atoms with van der Waals surface area (Å²) in [6.07, 6.45) is 0. The minimum absolute atomic E-state index is 0.141. The van der Waals surface area contributed by atoms with Crippen molar-refractivity contribution in [3.8, 4) is 0 Å². The second kappa shape index (κ2) is 5.62. The quantitative estimate of drug-likeness (QED) is 0.477. The van der Waals surface area contributed by atoms with Gasteiger partial charge in [-0.05, 0) is 25.7 Å². The fourth-order valence-electron chi connectivity index (χ4n) is 1.79. The molecule has 5 nitrogen and oxygen atoms in total. The van der Waals surface area contributed by atoms with Gasteiger partial charge in [-0.1, -0.05) is 29.8 Å². The molecule has 0 aliphatic carbocycles. The third kappa shape index (κ3) is 3.06. The zero-order chi connectivity index (χ0) is 13.2. The van der Waals surface area contributed by atoms with Crippen molar-refractivity contribution in [1.29, 1.82) is 0 Å². The number of nitrogens with zero attached hydrogens (tertiary/aromatic N) is 3. The first kappa shape index (κ1) is 14.2. The van der Waals surface area contributed by atoms with E-state index in [1.54, 1.807) is 18.5 Å². The smallest absolute Gasteiger partial charge is 0.262 e. The summed E-state index contributed by atoms with van der Waals surface area (Å²) < 4.78 is 1.75. The molecule has 0 bridgehead atoms. The van der Waals surface area contributed by atoms with Gasteiger partial charge in [0.1, 0.15) is 11.4 Å². The van der Waals surface area contributed by atoms with Crippen molar-refractivity contribution in [1.82, 2.24) is 9.78 Å². The highest BCUT2D eigenvalue weighted by Gasteiger charge is 2.23. The van der Waals surface area contributed by atoms with Crippen molar-refractivity contribution in [2.24, 2.45) is 11.8 Å². The number of hydrogen-bond donors (Lipinski definition) is 0. The lowest BCUT2D eigenvalue weighted by Gasteiger charge is -2.18. The molecule has 1 unspecified atom stereocenters. The average molecular weight is 304 g/mol. The van der Waals surface area contributed by atoms with Crippen molar-refractivity contribution in [3.63, 3.8) is 0 Å². The number of halogens is 1. The molecule has 0 spiro atoms. The van der Waals surface area contributed by atoms with Crippen LogP contribution in [0.4, 0.5) is 5.69 Å². The molecule has 0 amide bonds. The topological polar surface area (TPSA) is 61.0 Å². The summed E-state index contributed by atoms with van der Waals surface area (Å²) in [5.41, 5.74) is 1.27. The van der Waals surface area contributed by atoms with E-state index in [4.69, 9.17) is 0 Å². The van der Waals surface area contributed by atoms with Crippen LogP contribution in [0.5, 0.6) is 0 Å². The van der Waals surface area contributed by atoms with Gasteiger partial charge in [0.2, 0.25) is 0 Å². The molecule has 6 heteroatoms. The Hall–Kier alpha value is -0.910. The zero-order valence-corrected chi connectivity index (χ0v) is 12.2. The molecule has 0 saturated heterocycles. The third-order valence-corrected chi connectivity index (χ3v) is 3.91. The van der Waals surface area contributed by atoms with Gasteiger partial charge in [0, 0.05) is 11.9 Å². The van der Waals surface area contributed by atoms with Crippen molar-refractivity contribution in [3.05, 3.63) is 21.5 Å². The first-order valence-electron chi connectivity index (χ1n) is 5.62. The average Bonchev–Trinajstić information content (AvgIpc) is 2.49. The van der Waals surface area contributed by atoms with Gasteiger partial charge in [0.25, 0.3) is 0 Å². The molecule has 0 saturated carbocycles. The Balaban J connectivity index is 3.00. The predicted octanol–water partition coefficient (Wildman–Crippen LogP) is 3.08. The van der Waals surface area contributed by atoms with Gasteiger partial charge in [0.05, 0.1) is 4.92 Å². The summed E-state index contributed by atoms with van der Waals surface area (Å²) in [6, 6.07) is 0. The Kier molecular flexibility index (Phi) is 4.68. The van der Waals surface area contributed by atoms with Crippen LogP contribution in [0.3, 0.4) is 0 Å². The van der Waals surface area contributed by atoms with Crippen molar-refractivity contribution >= 4 is 21.6 Å². The lowest BCUT2D eigenvalue weighted by atomic mass is 9.98. The lowest BCUT2D eigenvalue weighted by molar-refractivity contribution is -0.386. The second-order valence-corrected chi connectivity index (χ2v) is 5.26. The molecule has 0 aliphatic heterocycles. The first-order valence-corrected chi connectivity index (χ1v) is 6.75. The molecule has 0 aliphatic rings. The van der Waals surface area contributed by atoms with Crippen molar-refractivity contribution in [2.45, 2.75) is 34.2 Å². The monoisotopic (exact) mass is 303 g/mol. The number of alkyl halides is 1. The van der Waals surface area contributed by atoms with Crippen molar-refractivity contribution < 1.29 is 4.92 Å². The maximum absolute atomic E-state index is 10.9. The Morgan fingerprint density at radius 1 is 1.47 bits per heavy atom. The fourth-order valence-corrected chi connectivity index (χ4v) is 2.74. The Morgan fingerprint density at radius 3 is 2.41 bits per heavy atom. The van der Waals surface area contributed by atoms with Gasteiger partial charge in [-0.25, -0.2) is 0 Å². The molecule has 1 aromatic heterocycles. The molecular weight excluding hydrogens is 286 g/mol. The van der Waals surface area contributed by atoms with Crippen LogP contribution in [0.15, 0.2) is 0 Å². The SMILES string of the molecule is Cc1nn(CC(CBr)C(C)C)c(C)c1[N+](=O)[O-]. The van der Waals surface area contributed by atoms with E-state index in [-0.39, 0.29) is 10.6 Å². The van der Waals surface area contributed by atoms with Crippen LogP contribution in [0, 0.1) is 35.8 Å². The van der Waals surface area contributed by atoms with Crippen LogP contribution >= 0.6 is 15.9 Å². The molecule has 96 valence electrons. The Labute approximate surface area is 109 Å². The summed E-state index contributed by atoms with van der Waals surface area (Å²) in [4.78, 5) is 10.5. The molecule has 1 rings (SSSR count). The summed E-state index contributed by atoms with van der Waals surface area (Å²) in [7, 11) is 0. The van der Waals surface area contributed by atoms with E-state index in [0.717, 1.165) is 5.33 Å². The maximum atomic E-state index is 10.9. The summed E-state index contributed by atoms with van der Waals surface area (Å²) in [5.74, 6) is 0.935. The minimum Gasteiger partial charge on any atom is -0.262 e. The summed E-state index contributed by atoms with van der Waals surface area (Å²) in [6.45, 7) is 8.44. The summed E-state index contributed by atoms with van der Waals surface area (Å²) >= 11 is 3.48. The van der Waals surface area contributed by atoms with Gasteiger partial charge >= 0.3 is 5.69 Å². The van der Waals surface area contributed by atoms with E-state index >= 15 is 0 Å². The van der Waals surface area contributed by atoms with Crippen LogP contribution < -0.4 is 0 Å². The van der Waals surface area contributed by atoms with E-state index < -0.39 is 0 Å². The minimum atomic E-state index is -0.354. The lowest BCUT2D eigenvalue weighted by Crippen LogP contribution is -2.19. The first-order chi connectivity index (χ1) is 7.88. The summed E-state index contributed by atoms with van der Waals surface area (Å²) in [5, 5.41) is 16.0. The molecule has 0 radical (unpaired) electrons. The van der Waals surface area contributed by atoms with Crippen molar-refractivity contribution in [2.75, 3.05) is 5.33 Å². The van der Waals surface area contributed by atoms with Gasteiger partial charge in [-0.15, -0.1) is 0 Å². The second-order valence-electron chi connectivity index (χ2n) is 4.62. The van der Waals surface area contributed by atoms with Gasteiger partial charge in [-0.3, -0.25) is 14.8 Å². The Morgan fingerprint density at radius 2 is 2.06 bits per heavy atom. The standard InChI is InChI=1S/C11H18BrN3O2/c1-7(2)10(5-12)6-14-9(4)11(15(16)17)8(3)13-14/h7,10H,5-6H2,1-4H3. The van der Waals surface area contributed by atoms with E-state index in [2.05, 4.69) is 34.9 Å². The highest BCUT2D eigenvalue weighted by Crippen LogP contribution is 2.24. The van der Waals surface area contributed by atoms with E-state index in [1.807, 2.05) is 0 Å². The van der Waals surface area contributed by atoms with Gasteiger partial charge < -0.3 is 0 Å². The predicted molar refractivity (Wildman–Crippen MR) is 70.5 cm³/mol. The highest BCUT2D eigenvalue weighted by molar-refractivity contribution is 9.09. The molecule has 1 aromatic rings. The van der Waals surface area contributed by atoms with Crippen LogP contribution in [0.2, 0.25) is 0 Å². The number of aryl methyl sites for hydroxylation is 1. The molecule has 0 fully saturated rings. The molecule has 17 heavy (non-hydrogen) atoms. The number of hydrogen-bond acceptors (Lipinski definition) is 3. The fraction of sp³-hybridized carbons (Fsp3) is 0.727. The molecule has 1 atom stereocenters. The van der Waals surface area contributed by atoms with E-state index in [9.17, 15) is 10.1 Å².